The van der Waals surface area contributed by atoms with Gasteiger partial charge in [0.2, 0.25) is 11.8 Å². The summed E-state index contributed by atoms with van der Waals surface area (Å²) < 4.78 is 17.8. The number of benzene rings is 1. The standard InChI is InChI=1S/C18H20FN3O3/c1-12-10-16(21-25-12)20-18(24)14-6-8-22(9-7-14)17(23)11-13-2-4-15(19)5-3-13/h2-5,10,14H,6-9,11H2,1H3,(H,20,21,24). The van der Waals surface area contributed by atoms with E-state index in [4.69, 9.17) is 4.52 Å². The van der Waals surface area contributed by atoms with Gasteiger partial charge in [0.15, 0.2) is 5.82 Å². The van der Waals surface area contributed by atoms with E-state index in [1.807, 2.05) is 0 Å². The van der Waals surface area contributed by atoms with Crippen molar-refractivity contribution in [2.24, 2.45) is 5.92 Å². The highest BCUT2D eigenvalue weighted by atomic mass is 19.1. The van der Waals surface area contributed by atoms with Gasteiger partial charge in [-0.2, -0.15) is 0 Å². The Morgan fingerprint density at radius 2 is 1.96 bits per heavy atom. The van der Waals surface area contributed by atoms with Crippen LogP contribution in [0.2, 0.25) is 0 Å². The van der Waals surface area contributed by atoms with Crippen LogP contribution in [-0.2, 0) is 16.0 Å². The molecule has 1 aromatic carbocycles. The molecular formula is C18H20FN3O3. The maximum absolute atomic E-state index is 12.9. The van der Waals surface area contributed by atoms with Crippen LogP contribution in [0.4, 0.5) is 10.2 Å². The summed E-state index contributed by atoms with van der Waals surface area (Å²) in [6, 6.07) is 7.61. The number of piperidine rings is 1. The smallest absolute Gasteiger partial charge is 0.228 e. The highest BCUT2D eigenvalue weighted by Gasteiger charge is 2.27. The number of hydrogen-bond acceptors (Lipinski definition) is 4. The average Bonchev–Trinajstić information content (AvgIpc) is 3.02. The van der Waals surface area contributed by atoms with Crippen molar-refractivity contribution in [3.8, 4) is 0 Å². The van der Waals surface area contributed by atoms with Gasteiger partial charge in [-0.15, -0.1) is 0 Å². The Labute approximate surface area is 145 Å². The molecule has 7 heteroatoms. The minimum Gasteiger partial charge on any atom is -0.360 e. The molecule has 25 heavy (non-hydrogen) atoms. The molecule has 0 atom stereocenters. The molecule has 1 saturated heterocycles. The fourth-order valence-corrected chi connectivity index (χ4v) is 2.93. The number of aryl methyl sites for hydroxylation is 1. The molecule has 0 radical (unpaired) electrons. The Balaban J connectivity index is 1.48. The molecule has 0 spiro atoms. The van der Waals surface area contributed by atoms with E-state index >= 15 is 0 Å². The first-order valence-electron chi connectivity index (χ1n) is 8.27. The second-order valence-corrected chi connectivity index (χ2v) is 6.27. The van der Waals surface area contributed by atoms with Crippen LogP contribution in [0.5, 0.6) is 0 Å². The molecule has 2 aromatic rings. The summed E-state index contributed by atoms with van der Waals surface area (Å²) in [5, 5.41) is 6.49. The van der Waals surface area contributed by atoms with Gasteiger partial charge in [-0.3, -0.25) is 9.59 Å². The largest absolute Gasteiger partial charge is 0.360 e. The van der Waals surface area contributed by atoms with E-state index in [1.165, 1.54) is 12.1 Å². The third kappa shape index (κ3) is 4.43. The number of anilines is 1. The predicted octanol–water partition coefficient (Wildman–Crippen LogP) is 2.54. The zero-order valence-electron chi connectivity index (χ0n) is 14.0. The Kier molecular flexibility index (Phi) is 5.11. The Bertz CT molecular complexity index is 749. The molecule has 1 aliphatic heterocycles. The number of hydrogen-bond donors (Lipinski definition) is 1. The van der Waals surface area contributed by atoms with Crippen LogP contribution in [0.3, 0.4) is 0 Å². The number of likely N-dealkylation sites (tertiary alicyclic amines) is 1. The monoisotopic (exact) mass is 345 g/mol. The van der Waals surface area contributed by atoms with E-state index in [2.05, 4.69) is 10.5 Å². The molecule has 132 valence electrons. The zero-order chi connectivity index (χ0) is 17.8. The van der Waals surface area contributed by atoms with Crippen molar-refractivity contribution in [1.82, 2.24) is 10.1 Å². The van der Waals surface area contributed by atoms with Crippen molar-refractivity contribution in [2.45, 2.75) is 26.2 Å². The molecule has 2 amide bonds. The van der Waals surface area contributed by atoms with E-state index in [9.17, 15) is 14.0 Å². The first-order chi connectivity index (χ1) is 12.0. The van der Waals surface area contributed by atoms with E-state index < -0.39 is 0 Å². The molecule has 6 nitrogen and oxygen atoms in total. The van der Waals surface area contributed by atoms with Crippen LogP contribution in [0.25, 0.3) is 0 Å². The number of nitrogens with one attached hydrogen (secondary N) is 1. The second kappa shape index (κ2) is 7.46. The van der Waals surface area contributed by atoms with Gasteiger partial charge in [0.1, 0.15) is 11.6 Å². The minimum atomic E-state index is -0.315. The summed E-state index contributed by atoms with van der Waals surface area (Å²) in [5.74, 6) is 0.488. The van der Waals surface area contributed by atoms with Gasteiger partial charge in [0, 0.05) is 25.1 Å². The van der Waals surface area contributed by atoms with Crippen LogP contribution >= 0.6 is 0 Å². The van der Waals surface area contributed by atoms with Crippen LogP contribution in [0.15, 0.2) is 34.9 Å². The first kappa shape index (κ1) is 17.1. The molecule has 0 aliphatic carbocycles. The van der Waals surface area contributed by atoms with Gasteiger partial charge >= 0.3 is 0 Å². The van der Waals surface area contributed by atoms with Crippen molar-refractivity contribution >= 4 is 17.6 Å². The molecule has 0 saturated carbocycles. The van der Waals surface area contributed by atoms with Crippen molar-refractivity contribution < 1.29 is 18.5 Å². The van der Waals surface area contributed by atoms with Crippen molar-refractivity contribution in [1.29, 1.82) is 0 Å². The Morgan fingerprint density at radius 1 is 1.28 bits per heavy atom. The Hall–Kier alpha value is -2.70. The molecule has 1 fully saturated rings. The lowest BCUT2D eigenvalue weighted by atomic mass is 9.95. The van der Waals surface area contributed by atoms with Crippen LogP contribution in [0, 0.1) is 18.7 Å². The van der Waals surface area contributed by atoms with Crippen molar-refractivity contribution in [3.63, 3.8) is 0 Å². The Morgan fingerprint density at radius 3 is 2.56 bits per heavy atom. The minimum absolute atomic E-state index is 0.00223. The van der Waals surface area contributed by atoms with Gasteiger partial charge in [-0.25, -0.2) is 4.39 Å². The highest BCUT2D eigenvalue weighted by Crippen LogP contribution is 2.20. The molecular weight excluding hydrogens is 325 g/mol. The summed E-state index contributed by atoms with van der Waals surface area (Å²) in [4.78, 5) is 26.3. The molecule has 3 rings (SSSR count). The summed E-state index contributed by atoms with van der Waals surface area (Å²) in [7, 11) is 0. The van der Waals surface area contributed by atoms with Gasteiger partial charge in [0.25, 0.3) is 0 Å². The first-order valence-corrected chi connectivity index (χ1v) is 8.27. The van der Waals surface area contributed by atoms with Crippen molar-refractivity contribution in [3.05, 3.63) is 47.5 Å². The molecule has 1 aromatic heterocycles. The number of nitrogens with zero attached hydrogens (tertiary/aromatic N) is 2. The molecule has 0 unspecified atom stereocenters. The third-order valence-electron chi connectivity index (χ3n) is 4.37. The number of rotatable bonds is 4. The van der Waals surface area contributed by atoms with E-state index in [1.54, 1.807) is 30.0 Å². The van der Waals surface area contributed by atoms with E-state index in [-0.39, 0.29) is 30.0 Å². The van der Waals surface area contributed by atoms with E-state index in [0.29, 0.717) is 37.5 Å². The second-order valence-electron chi connectivity index (χ2n) is 6.27. The summed E-state index contributed by atoms with van der Waals surface area (Å²) in [6.07, 6.45) is 1.46. The number of halogens is 1. The fourth-order valence-electron chi connectivity index (χ4n) is 2.93. The highest BCUT2D eigenvalue weighted by molar-refractivity contribution is 5.91. The van der Waals surface area contributed by atoms with Gasteiger partial charge < -0.3 is 14.7 Å². The maximum Gasteiger partial charge on any atom is 0.228 e. The van der Waals surface area contributed by atoms with E-state index in [0.717, 1.165) is 5.56 Å². The van der Waals surface area contributed by atoms with Gasteiger partial charge in [0.05, 0.1) is 6.42 Å². The maximum atomic E-state index is 12.9. The average molecular weight is 345 g/mol. The fraction of sp³-hybridized carbons (Fsp3) is 0.389. The third-order valence-corrected chi connectivity index (χ3v) is 4.37. The quantitative estimate of drug-likeness (QED) is 0.924. The molecule has 1 N–H and O–H groups in total. The lowest BCUT2D eigenvalue weighted by molar-refractivity contribution is -0.133. The normalized spacial score (nSPS) is 15.2. The van der Waals surface area contributed by atoms with Crippen LogP contribution in [0.1, 0.15) is 24.2 Å². The number of aromatic nitrogens is 1. The van der Waals surface area contributed by atoms with Crippen LogP contribution in [-0.4, -0.2) is 35.0 Å². The van der Waals surface area contributed by atoms with Crippen LogP contribution < -0.4 is 5.32 Å². The van der Waals surface area contributed by atoms with Crippen molar-refractivity contribution in [2.75, 3.05) is 18.4 Å². The van der Waals surface area contributed by atoms with Gasteiger partial charge in [-0.1, -0.05) is 17.3 Å². The topological polar surface area (TPSA) is 75.4 Å². The van der Waals surface area contributed by atoms with Gasteiger partial charge in [-0.05, 0) is 37.5 Å². The SMILES string of the molecule is Cc1cc(NC(=O)C2CCN(C(=O)Cc3ccc(F)cc3)CC2)no1. The molecule has 1 aliphatic rings. The lowest BCUT2D eigenvalue weighted by Crippen LogP contribution is -2.42. The number of carbonyl (C=O) groups excluding carboxylic acids is 2. The summed E-state index contributed by atoms with van der Waals surface area (Å²) >= 11 is 0. The zero-order valence-corrected chi connectivity index (χ0v) is 14.0. The lowest BCUT2D eigenvalue weighted by Gasteiger charge is -2.31. The number of carbonyl (C=O) groups is 2. The molecule has 0 bridgehead atoms. The number of amides is 2. The summed E-state index contributed by atoms with van der Waals surface area (Å²) in [6.45, 7) is 2.83. The summed E-state index contributed by atoms with van der Waals surface area (Å²) in [5.41, 5.74) is 0.785. The molecule has 2 heterocycles. The predicted molar refractivity (Wildman–Crippen MR) is 89.3 cm³/mol.